The lowest BCUT2D eigenvalue weighted by Gasteiger charge is -2.46. The van der Waals surface area contributed by atoms with E-state index in [1.807, 2.05) is 46.9 Å². The Balaban J connectivity index is 2.55. The molecule has 1 fully saturated rings. The summed E-state index contributed by atoms with van der Waals surface area (Å²) in [4.78, 5) is 2.04. The maximum atomic E-state index is 10.7. The molecule has 1 aliphatic rings. The van der Waals surface area contributed by atoms with Gasteiger partial charge in [0.25, 0.3) is 0 Å². The highest BCUT2D eigenvalue weighted by Crippen LogP contribution is 2.29. The Kier molecular flexibility index (Phi) is 8.55. The molecule has 0 radical (unpaired) electrons. The third-order valence-electron chi connectivity index (χ3n) is 4.65. The Morgan fingerprint density at radius 2 is 1.92 bits per heavy atom. The number of rotatable bonds is 9. The van der Waals surface area contributed by atoms with Crippen molar-refractivity contribution in [2.75, 3.05) is 61.6 Å². The first-order chi connectivity index (χ1) is 11.1. The Labute approximate surface area is 146 Å². The molecular formula is C17H37N2O5+. The summed E-state index contributed by atoms with van der Waals surface area (Å²) >= 11 is 0. The van der Waals surface area contributed by atoms with Crippen LogP contribution in [0, 0.1) is 5.92 Å². The van der Waals surface area contributed by atoms with Crippen LogP contribution >= 0.6 is 0 Å². The number of hydrogen-bond acceptors (Lipinski definition) is 6. The predicted molar refractivity (Wildman–Crippen MR) is 92.7 cm³/mol. The number of aliphatic hydroxyl groups excluding tert-OH is 2. The normalized spacial score (nSPS) is 33.0. The number of aliphatic hydroxyl groups is 2. The summed E-state index contributed by atoms with van der Waals surface area (Å²) in [7, 11) is 9.62. The maximum Gasteiger partial charge on any atom is 0.175 e. The molecular weight excluding hydrogens is 312 g/mol. The van der Waals surface area contributed by atoms with E-state index in [2.05, 4.69) is 0 Å². The van der Waals surface area contributed by atoms with Crippen molar-refractivity contribution in [3.8, 4) is 0 Å². The third-order valence-corrected chi connectivity index (χ3v) is 4.65. The van der Waals surface area contributed by atoms with Crippen molar-refractivity contribution >= 4 is 0 Å². The lowest BCUT2D eigenvalue weighted by molar-refractivity contribution is -0.873. The first-order valence-electron chi connectivity index (χ1n) is 8.73. The van der Waals surface area contributed by atoms with E-state index in [0.29, 0.717) is 17.6 Å². The van der Waals surface area contributed by atoms with Gasteiger partial charge in [0, 0.05) is 13.0 Å². The van der Waals surface area contributed by atoms with Crippen molar-refractivity contribution in [3.05, 3.63) is 0 Å². The zero-order chi connectivity index (χ0) is 18.5. The van der Waals surface area contributed by atoms with Gasteiger partial charge < -0.3 is 28.9 Å². The highest BCUT2D eigenvalue weighted by atomic mass is 16.7. The molecule has 7 nitrogen and oxygen atoms in total. The van der Waals surface area contributed by atoms with E-state index in [0.717, 1.165) is 6.54 Å². The molecule has 0 bridgehead atoms. The van der Waals surface area contributed by atoms with Gasteiger partial charge in [-0.1, -0.05) is 13.8 Å². The first-order valence-corrected chi connectivity index (χ1v) is 8.73. The summed E-state index contributed by atoms with van der Waals surface area (Å²) in [5.41, 5.74) is 0. The molecule has 1 rings (SSSR count). The summed E-state index contributed by atoms with van der Waals surface area (Å²) in [6.45, 7) is 6.00. The van der Waals surface area contributed by atoms with Gasteiger partial charge in [-0.3, -0.25) is 4.90 Å². The van der Waals surface area contributed by atoms with Crippen LogP contribution in [-0.2, 0) is 14.2 Å². The predicted octanol–water partition coefficient (Wildman–Crippen LogP) is -0.241. The molecule has 144 valence electrons. The van der Waals surface area contributed by atoms with Crippen molar-refractivity contribution in [2.24, 2.45) is 5.92 Å². The van der Waals surface area contributed by atoms with E-state index in [4.69, 9.17) is 14.2 Å². The van der Waals surface area contributed by atoms with Gasteiger partial charge in [0.2, 0.25) is 0 Å². The van der Waals surface area contributed by atoms with Crippen LogP contribution in [0.3, 0.4) is 0 Å². The first kappa shape index (κ1) is 21.8. The quantitative estimate of drug-likeness (QED) is 0.560. The van der Waals surface area contributed by atoms with Gasteiger partial charge in [-0.25, -0.2) is 0 Å². The smallest absolute Gasteiger partial charge is 0.175 e. The lowest BCUT2D eigenvalue weighted by Crippen LogP contribution is -2.61. The number of hydrogen-bond donors (Lipinski definition) is 2. The fraction of sp³-hybridized carbons (Fsp3) is 1.00. The van der Waals surface area contributed by atoms with Crippen LogP contribution in [0.2, 0.25) is 0 Å². The van der Waals surface area contributed by atoms with Gasteiger partial charge in [-0.2, -0.15) is 0 Å². The van der Waals surface area contributed by atoms with E-state index in [-0.39, 0.29) is 24.7 Å². The van der Waals surface area contributed by atoms with Gasteiger partial charge >= 0.3 is 0 Å². The topological polar surface area (TPSA) is 71.4 Å². The van der Waals surface area contributed by atoms with Crippen molar-refractivity contribution < 1.29 is 28.9 Å². The fourth-order valence-corrected chi connectivity index (χ4v) is 3.14. The molecule has 0 spiro atoms. The standard InChI is InChI=1S/C17H37N2O5/c1-8-18(3)15-16(21)12(2)14(24-17(15)22-7)11-23-10-13(20)9-19(4,5)6/h12-17,20-21H,8-11H2,1-7H3/q+1/t12-,13+,14?,15?,16-,17-/m0/s1. The molecule has 1 aliphatic heterocycles. The van der Waals surface area contributed by atoms with Gasteiger partial charge in [-0.15, -0.1) is 0 Å². The fourth-order valence-electron chi connectivity index (χ4n) is 3.14. The van der Waals surface area contributed by atoms with Gasteiger partial charge in [0.05, 0.1) is 52.6 Å². The van der Waals surface area contributed by atoms with E-state index < -0.39 is 18.5 Å². The molecule has 0 aliphatic carbocycles. The second-order valence-electron chi connectivity index (χ2n) is 7.86. The molecule has 0 amide bonds. The van der Waals surface area contributed by atoms with Crippen LogP contribution in [-0.4, -0.2) is 112 Å². The number of methoxy groups -OCH3 is 1. The van der Waals surface area contributed by atoms with Gasteiger partial charge in [0.1, 0.15) is 12.6 Å². The van der Waals surface area contributed by atoms with Crippen LogP contribution in [0.1, 0.15) is 13.8 Å². The Hall–Kier alpha value is -0.280. The average molecular weight is 349 g/mol. The maximum absolute atomic E-state index is 10.7. The van der Waals surface area contributed by atoms with Crippen molar-refractivity contribution in [1.82, 2.24) is 4.90 Å². The van der Waals surface area contributed by atoms with Crippen molar-refractivity contribution in [3.63, 3.8) is 0 Å². The molecule has 6 atom stereocenters. The summed E-state index contributed by atoms with van der Waals surface area (Å²) in [5, 5.41) is 20.7. The van der Waals surface area contributed by atoms with Crippen molar-refractivity contribution in [1.29, 1.82) is 0 Å². The number of likely N-dealkylation sites (N-methyl/N-ethyl adjacent to an activating group) is 2. The van der Waals surface area contributed by atoms with E-state index in [9.17, 15) is 10.2 Å². The number of ether oxygens (including phenoxy) is 3. The SMILES string of the molecule is CCN(C)C1[C@@H](OC)OC(COC[C@H](O)C[N+](C)(C)C)[C@H](C)[C@@H]1O. The van der Waals surface area contributed by atoms with Gasteiger partial charge in [-0.05, 0) is 13.6 Å². The zero-order valence-electron chi connectivity index (χ0n) is 16.3. The molecule has 0 aromatic heterocycles. The van der Waals surface area contributed by atoms with Crippen LogP contribution in [0.25, 0.3) is 0 Å². The lowest BCUT2D eigenvalue weighted by atomic mass is 9.88. The summed E-state index contributed by atoms with van der Waals surface area (Å²) in [6, 6.07) is -0.199. The van der Waals surface area contributed by atoms with E-state index in [1.165, 1.54) is 0 Å². The van der Waals surface area contributed by atoms with Crippen molar-refractivity contribution in [2.45, 2.75) is 44.5 Å². The molecule has 0 aromatic carbocycles. The molecule has 1 heterocycles. The average Bonchev–Trinajstić information content (AvgIpc) is 2.48. The Morgan fingerprint density at radius 1 is 1.29 bits per heavy atom. The minimum Gasteiger partial charge on any atom is -0.391 e. The third kappa shape index (κ3) is 6.22. The highest BCUT2D eigenvalue weighted by molar-refractivity contribution is 4.91. The summed E-state index contributed by atoms with van der Waals surface area (Å²) in [5.74, 6) is -0.0778. The number of quaternary nitrogens is 1. The Bertz CT molecular complexity index is 361. The second kappa shape index (κ2) is 9.43. The number of nitrogens with zero attached hydrogens (tertiary/aromatic N) is 2. The summed E-state index contributed by atoms with van der Waals surface area (Å²) in [6.07, 6.45) is -1.84. The minimum absolute atomic E-state index is 0.0778. The highest BCUT2D eigenvalue weighted by Gasteiger charge is 2.44. The monoisotopic (exact) mass is 349 g/mol. The molecule has 7 heteroatoms. The van der Waals surface area contributed by atoms with E-state index >= 15 is 0 Å². The molecule has 0 aromatic rings. The molecule has 24 heavy (non-hydrogen) atoms. The van der Waals surface area contributed by atoms with Crippen LogP contribution < -0.4 is 0 Å². The van der Waals surface area contributed by atoms with Gasteiger partial charge in [0.15, 0.2) is 6.29 Å². The Morgan fingerprint density at radius 3 is 2.42 bits per heavy atom. The molecule has 2 unspecified atom stereocenters. The largest absolute Gasteiger partial charge is 0.391 e. The van der Waals surface area contributed by atoms with Crippen LogP contribution in [0.5, 0.6) is 0 Å². The minimum atomic E-state index is -0.557. The zero-order valence-corrected chi connectivity index (χ0v) is 16.3. The van der Waals surface area contributed by atoms with E-state index in [1.54, 1.807) is 7.11 Å². The molecule has 1 saturated heterocycles. The molecule has 2 N–H and O–H groups in total. The van der Waals surface area contributed by atoms with Crippen LogP contribution in [0.15, 0.2) is 0 Å². The second-order valence-corrected chi connectivity index (χ2v) is 7.86. The summed E-state index contributed by atoms with van der Waals surface area (Å²) < 4.78 is 17.8. The molecule has 0 saturated carbocycles. The van der Waals surface area contributed by atoms with Crippen LogP contribution in [0.4, 0.5) is 0 Å².